The SMILES string of the molecule is Clc1ccc2c(c1Cl)OCCNC2. The molecule has 0 unspecified atom stereocenters. The van der Waals surface area contributed by atoms with Gasteiger partial charge in [0.05, 0.1) is 5.02 Å². The van der Waals surface area contributed by atoms with Crippen LogP contribution in [0.25, 0.3) is 0 Å². The van der Waals surface area contributed by atoms with Crippen molar-refractivity contribution in [2.45, 2.75) is 6.54 Å². The van der Waals surface area contributed by atoms with E-state index in [9.17, 15) is 0 Å². The number of halogens is 2. The van der Waals surface area contributed by atoms with Gasteiger partial charge in [0.15, 0.2) is 0 Å². The largest absolute Gasteiger partial charge is 0.490 e. The number of ether oxygens (including phenoxy) is 1. The van der Waals surface area contributed by atoms with Crippen LogP contribution >= 0.6 is 23.2 Å². The minimum atomic E-state index is 0.517. The summed E-state index contributed by atoms with van der Waals surface area (Å²) in [4.78, 5) is 0. The standard InChI is InChI=1S/C9H9Cl2NO/c10-7-2-1-6-5-12-3-4-13-9(6)8(7)11/h1-2,12H,3-5H2. The molecule has 0 bridgehead atoms. The summed E-state index contributed by atoms with van der Waals surface area (Å²) < 4.78 is 5.48. The topological polar surface area (TPSA) is 21.3 Å². The van der Waals surface area contributed by atoms with Crippen molar-refractivity contribution in [1.29, 1.82) is 0 Å². The Morgan fingerprint density at radius 1 is 1.31 bits per heavy atom. The molecule has 1 aliphatic heterocycles. The lowest BCUT2D eigenvalue weighted by Crippen LogP contribution is -2.16. The molecule has 0 atom stereocenters. The van der Waals surface area contributed by atoms with Crippen LogP contribution in [0.5, 0.6) is 5.75 Å². The molecule has 0 spiro atoms. The summed E-state index contributed by atoms with van der Waals surface area (Å²) in [5.74, 6) is 0.721. The lowest BCUT2D eigenvalue weighted by molar-refractivity contribution is 0.326. The third kappa shape index (κ3) is 1.75. The lowest BCUT2D eigenvalue weighted by Gasteiger charge is -2.08. The predicted molar refractivity (Wildman–Crippen MR) is 53.7 cm³/mol. The average molecular weight is 218 g/mol. The zero-order valence-electron chi connectivity index (χ0n) is 6.94. The molecule has 1 aliphatic rings. The van der Waals surface area contributed by atoms with Crippen LogP contribution in [0.4, 0.5) is 0 Å². The van der Waals surface area contributed by atoms with E-state index in [-0.39, 0.29) is 0 Å². The fourth-order valence-corrected chi connectivity index (χ4v) is 1.70. The fourth-order valence-electron chi connectivity index (χ4n) is 1.32. The van der Waals surface area contributed by atoms with Crippen LogP contribution in [0, 0.1) is 0 Å². The van der Waals surface area contributed by atoms with Gasteiger partial charge in [-0.1, -0.05) is 29.3 Å². The molecule has 0 radical (unpaired) electrons. The first-order valence-corrected chi connectivity index (χ1v) is 4.85. The summed E-state index contributed by atoms with van der Waals surface area (Å²) in [7, 11) is 0. The highest BCUT2D eigenvalue weighted by Crippen LogP contribution is 2.35. The van der Waals surface area contributed by atoms with Crippen LogP contribution in [-0.4, -0.2) is 13.2 Å². The Labute approximate surface area is 86.8 Å². The van der Waals surface area contributed by atoms with Crippen LogP contribution in [0.15, 0.2) is 12.1 Å². The first kappa shape index (κ1) is 9.13. The highest BCUT2D eigenvalue weighted by atomic mass is 35.5. The van der Waals surface area contributed by atoms with E-state index < -0.39 is 0 Å². The van der Waals surface area contributed by atoms with Crippen molar-refractivity contribution in [3.8, 4) is 5.75 Å². The average Bonchev–Trinajstić information content (AvgIpc) is 2.36. The van der Waals surface area contributed by atoms with Gasteiger partial charge in [0, 0.05) is 18.7 Å². The van der Waals surface area contributed by atoms with E-state index in [2.05, 4.69) is 5.32 Å². The van der Waals surface area contributed by atoms with E-state index in [4.69, 9.17) is 27.9 Å². The van der Waals surface area contributed by atoms with Crippen molar-refractivity contribution in [2.24, 2.45) is 0 Å². The second kappa shape index (κ2) is 3.74. The fraction of sp³-hybridized carbons (Fsp3) is 0.333. The second-order valence-electron chi connectivity index (χ2n) is 2.87. The van der Waals surface area contributed by atoms with Gasteiger partial charge in [0.1, 0.15) is 17.4 Å². The summed E-state index contributed by atoms with van der Waals surface area (Å²) in [6.07, 6.45) is 0. The zero-order valence-corrected chi connectivity index (χ0v) is 8.45. The molecule has 0 fully saturated rings. The first-order chi connectivity index (χ1) is 6.29. The molecule has 0 aromatic heterocycles. The van der Waals surface area contributed by atoms with E-state index in [1.54, 1.807) is 6.07 Å². The van der Waals surface area contributed by atoms with Gasteiger partial charge in [-0.15, -0.1) is 0 Å². The van der Waals surface area contributed by atoms with E-state index in [0.717, 1.165) is 24.4 Å². The Balaban J connectivity index is 2.48. The van der Waals surface area contributed by atoms with Crippen molar-refractivity contribution in [1.82, 2.24) is 5.32 Å². The van der Waals surface area contributed by atoms with E-state index >= 15 is 0 Å². The van der Waals surface area contributed by atoms with Gasteiger partial charge >= 0.3 is 0 Å². The number of fused-ring (bicyclic) bond motifs is 1. The summed E-state index contributed by atoms with van der Waals surface area (Å²) in [6, 6.07) is 3.72. The molecule has 2 nitrogen and oxygen atoms in total. The minimum absolute atomic E-state index is 0.517. The van der Waals surface area contributed by atoms with Crippen molar-refractivity contribution in [3.63, 3.8) is 0 Å². The third-order valence-electron chi connectivity index (χ3n) is 1.97. The van der Waals surface area contributed by atoms with E-state index in [1.807, 2.05) is 6.07 Å². The van der Waals surface area contributed by atoms with Crippen molar-refractivity contribution in [3.05, 3.63) is 27.7 Å². The minimum Gasteiger partial charge on any atom is -0.490 e. The molecule has 2 rings (SSSR count). The molecule has 1 N–H and O–H groups in total. The van der Waals surface area contributed by atoms with E-state index in [0.29, 0.717) is 16.7 Å². The van der Waals surface area contributed by atoms with Gasteiger partial charge in [-0.05, 0) is 6.07 Å². The molecule has 1 aromatic rings. The molecule has 13 heavy (non-hydrogen) atoms. The van der Waals surface area contributed by atoms with Crippen LogP contribution in [0.2, 0.25) is 10.0 Å². The highest BCUT2D eigenvalue weighted by molar-refractivity contribution is 6.43. The Morgan fingerprint density at radius 2 is 2.15 bits per heavy atom. The molecule has 4 heteroatoms. The van der Waals surface area contributed by atoms with Gasteiger partial charge in [-0.25, -0.2) is 0 Å². The van der Waals surface area contributed by atoms with Crippen molar-refractivity contribution in [2.75, 3.05) is 13.2 Å². The maximum absolute atomic E-state index is 6.00. The van der Waals surface area contributed by atoms with Gasteiger partial charge in [-0.2, -0.15) is 0 Å². The Hall–Kier alpha value is -0.440. The summed E-state index contributed by atoms with van der Waals surface area (Å²) in [6.45, 7) is 2.25. The maximum Gasteiger partial charge on any atom is 0.143 e. The predicted octanol–water partition coefficient (Wildman–Crippen LogP) is 2.48. The third-order valence-corrected chi connectivity index (χ3v) is 2.76. The molecular formula is C9H9Cl2NO. The molecule has 1 aromatic carbocycles. The van der Waals surface area contributed by atoms with Gasteiger partial charge in [0.2, 0.25) is 0 Å². The van der Waals surface area contributed by atoms with Crippen LogP contribution in [0.1, 0.15) is 5.56 Å². The zero-order chi connectivity index (χ0) is 9.26. The number of hydrogen-bond donors (Lipinski definition) is 1. The Morgan fingerprint density at radius 3 is 3.00 bits per heavy atom. The molecule has 0 amide bonds. The first-order valence-electron chi connectivity index (χ1n) is 4.09. The van der Waals surface area contributed by atoms with Gasteiger partial charge in [0.25, 0.3) is 0 Å². The lowest BCUT2D eigenvalue weighted by atomic mass is 10.2. The Kier molecular flexibility index (Phi) is 2.63. The number of hydrogen-bond acceptors (Lipinski definition) is 2. The summed E-state index contributed by atoms with van der Waals surface area (Å²) >= 11 is 11.9. The normalized spacial score (nSPS) is 15.8. The maximum atomic E-state index is 6.00. The van der Waals surface area contributed by atoms with Crippen LogP contribution in [-0.2, 0) is 6.54 Å². The summed E-state index contributed by atoms with van der Waals surface area (Å²) in [5.41, 5.74) is 1.06. The number of nitrogens with one attached hydrogen (secondary N) is 1. The van der Waals surface area contributed by atoms with Crippen molar-refractivity contribution >= 4 is 23.2 Å². The smallest absolute Gasteiger partial charge is 0.143 e. The molecule has 0 aliphatic carbocycles. The molecule has 1 heterocycles. The molecular weight excluding hydrogens is 209 g/mol. The van der Waals surface area contributed by atoms with Crippen LogP contribution in [0.3, 0.4) is 0 Å². The van der Waals surface area contributed by atoms with E-state index in [1.165, 1.54) is 0 Å². The quantitative estimate of drug-likeness (QED) is 0.722. The summed E-state index contributed by atoms with van der Waals surface area (Å²) in [5, 5.41) is 4.28. The monoisotopic (exact) mass is 217 g/mol. The van der Waals surface area contributed by atoms with Crippen LogP contribution < -0.4 is 10.1 Å². The molecule has 70 valence electrons. The molecule has 0 saturated carbocycles. The van der Waals surface area contributed by atoms with Crippen molar-refractivity contribution < 1.29 is 4.74 Å². The molecule has 0 saturated heterocycles. The Bertz CT molecular complexity index is 328. The second-order valence-corrected chi connectivity index (χ2v) is 3.66. The van der Waals surface area contributed by atoms with Gasteiger partial charge in [-0.3, -0.25) is 0 Å². The number of benzene rings is 1. The van der Waals surface area contributed by atoms with Gasteiger partial charge < -0.3 is 10.1 Å². The number of rotatable bonds is 0. The highest BCUT2D eigenvalue weighted by Gasteiger charge is 2.14.